The number of aryl methyl sites for hydroxylation is 1. The zero-order valence-electron chi connectivity index (χ0n) is 18.8. The molecule has 1 aliphatic carbocycles. The summed E-state index contributed by atoms with van der Waals surface area (Å²) in [6.45, 7) is 5.07. The third kappa shape index (κ3) is 4.96. The van der Waals surface area contributed by atoms with E-state index in [2.05, 4.69) is 4.98 Å². The summed E-state index contributed by atoms with van der Waals surface area (Å²) in [5, 5.41) is 0.853. The number of rotatable bonds is 8. The van der Waals surface area contributed by atoms with Gasteiger partial charge in [0.25, 0.3) is 0 Å². The van der Waals surface area contributed by atoms with Gasteiger partial charge in [-0.3, -0.25) is 4.79 Å². The predicted molar refractivity (Wildman–Crippen MR) is 121 cm³/mol. The Labute approximate surface area is 191 Å². The Hall–Kier alpha value is -2.06. The minimum Gasteiger partial charge on any atom is -0.466 e. The quantitative estimate of drug-likeness (QED) is 0.472. The van der Waals surface area contributed by atoms with Crippen molar-refractivity contribution in [2.75, 3.05) is 31.7 Å². The number of nitrogens with zero attached hydrogens (tertiary/aromatic N) is 2. The van der Waals surface area contributed by atoms with E-state index in [4.69, 9.17) is 9.47 Å². The number of benzene rings is 1. The van der Waals surface area contributed by atoms with Crippen LogP contribution < -0.4 is 4.90 Å². The smallest absolute Gasteiger partial charge is 0.306 e. The molecule has 5 nitrogen and oxygen atoms in total. The minimum absolute atomic E-state index is 0.0107. The maximum atomic E-state index is 15.2. The van der Waals surface area contributed by atoms with Crippen LogP contribution >= 0.6 is 11.3 Å². The number of halogens is 2. The minimum atomic E-state index is -0.568. The summed E-state index contributed by atoms with van der Waals surface area (Å²) in [6.07, 6.45) is 3.80. The zero-order valence-corrected chi connectivity index (χ0v) is 19.6. The molecule has 1 aliphatic heterocycles. The number of carbonyl (C=O) groups is 1. The number of carbonyl (C=O) groups excluding carboxylic acids is 1. The molecule has 32 heavy (non-hydrogen) atoms. The molecular formula is C24H30F2N2O3S. The van der Waals surface area contributed by atoms with Crippen molar-refractivity contribution < 1.29 is 23.0 Å². The first-order valence-electron chi connectivity index (χ1n) is 11.3. The van der Waals surface area contributed by atoms with Crippen molar-refractivity contribution in [3.8, 4) is 10.4 Å². The number of hydrogen-bond donors (Lipinski definition) is 0. The predicted octanol–water partition coefficient (Wildman–Crippen LogP) is 5.66. The van der Waals surface area contributed by atoms with E-state index in [9.17, 15) is 4.79 Å². The summed E-state index contributed by atoms with van der Waals surface area (Å²) in [4.78, 5) is 18.9. The molecule has 8 heteroatoms. The summed E-state index contributed by atoms with van der Waals surface area (Å²) in [5.74, 6) is -0.733. The SMILES string of the molecule is CCOC(=O)CC1CCN(c2c(F)cc(-c3sc(C)nc3C(OC)C3CC3)cc2F)CC1. The number of hydrogen-bond acceptors (Lipinski definition) is 6. The molecule has 1 aromatic carbocycles. The lowest BCUT2D eigenvalue weighted by Crippen LogP contribution is -2.35. The van der Waals surface area contributed by atoms with E-state index in [1.165, 1.54) is 23.5 Å². The third-order valence-electron chi connectivity index (χ3n) is 6.30. The summed E-state index contributed by atoms with van der Waals surface area (Å²) in [6, 6.07) is 2.83. The molecule has 0 radical (unpaired) electrons. The van der Waals surface area contributed by atoms with Gasteiger partial charge in [-0.2, -0.15) is 0 Å². The molecule has 0 amide bonds. The van der Waals surface area contributed by atoms with Crippen LogP contribution in [0, 0.1) is 30.4 Å². The van der Waals surface area contributed by atoms with Gasteiger partial charge in [0.15, 0.2) is 0 Å². The van der Waals surface area contributed by atoms with Gasteiger partial charge in [-0.15, -0.1) is 11.3 Å². The lowest BCUT2D eigenvalue weighted by Gasteiger charge is -2.33. The second-order valence-corrected chi connectivity index (χ2v) is 9.87. The highest BCUT2D eigenvalue weighted by Gasteiger charge is 2.36. The van der Waals surface area contributed by atoms with E-state index in [1.807, 2.05) is 6.92 Å². The van der Waals surface area contributed by atoms with Crippen LogP contribution in [0.15, 0.2) is 12.1 Å². The Morgan fingerprint density at radius 1 is 1.22 bits per heavy atom. The molecule has 4 rings (SSSR count). The number of aromatic nitrogens is 1. The molecule has 0 spiro atoms. The summed E-state index contributed by atoms with van der Waals surface area (Å²) < 4.78 is 41.1. The van der Waals surface area contributed by atoms with E-state index in [-0.39, 0.29) is 23.7 Å². The van der Waals surface area contributed by atoms with Gasteiger partial charge < -0.3 is 14.4 Å². The lowest BCUT2D eigenvalue weighted by atomic mass is 9.93. The molecule has 0 N–H and O–H groups in total. The number of piperidine rings is 1. The van der Waals surface area contributed by atoms with Gasteiger partial charge in [0, 0.05) is 26.6 Å². The zero-order chi connectivity index (χ0) is 22.8. The van der Waals surface area contributed by atoms with Crippen molar-refractivity contribution in [3.05, 3.63) is 34.5 Å². The second kappa shape index (κ2) is 9.83. The van der Waals surface area contributed by atoms with E-state index in [0.717, 1.165) is 28.4 Å². The fourth-order valence-corrected chi connectivity index (χ4v) is 5.53. The first kappa shape index (κ1) is 23.1. The summed E-state index contributed by atoms with van der Waals surface area (Å²) in [7, 11) is 1.66. The van der Waals surface area contributed by atoms with E-state index < -0.39 is 11.6 Å². The van der Waals surface area contributed by atoms with E-state index in [0.29, 0.717) is 50.4 Å². The van der Waals surface area contributed by atoms with Crippen molar-refractivity contribution in [1.82, 2.24) is 4.98 Å². The number of thiazole rings is 1. The molecule has 0 bridgehead atoms. The maximum absolute atomic E-state index is 15.2. The summed E-state index contributed by atoms with van der Waals surface area (Å²) in [5.41, 5.74) is 1.30. The normalized spacial score (nSPS) is 18.1. The van der Waals surface area contributed by atoms with Crippen LogP contribution in [-0.2, 0) is 14.3 Å². The van der Waals surface area contributed by atoms with Crippen molar-refractivity contribution in [2.24, 2.45) is 11.8 Å². The molecule has 1 saturated heterocycles. The maximum Gasteiger partial charge on any atom is 0.306 e. The van der Waals surface area contributed by atoms with Crippen LogP contribution in [-0.4, -0.2) is 37.8 Å². The van der Waals surface area contributed by atoms with Gasteiger partial charge in [0.1, 0.15) is 23.4 Å². The van der Waals surface area contributed by atoms with Crippen LogP contribution in [0.5, 0.6) is 0 Å². The monoisotopic (exact) mass is 464 g/mol. The topological polar surface area (TPSA) is 51.7 Å². The first-order valence-corrected chi connectivity index (χ1v) is 12.1. The molecule has 2 aromatic rings. The molecule has 2 fully saturated rings. The van der Waals surface area contributed by atoms with Gasteiger partial charge in [0.2, 0.25) is 0 Å². The van der Waals surface area contributed by atoms with Gasteiger partial charge in [-0.1, -0.05) is 0 Å². The molecule has 1 atom stereocenters. The highest BCUT2D eigenvalue weighted by atomic mass is 32.1. The third-order valence-corrected chi connectivity index (χ3v) is 7.34. The van der Waals surface area contributed by atoms with Crippen molar-refractivity contribution in [2.45, 2.75) is 52.1 Å². The van der Waals surface area contributed by atoms with Crippen molar-refractivity contribution >= 4 is 23.0 Å². The Bertz CT molecular complexity index is 945. The van der Waals surface area contributed by atoms with Gasteiger partial charge in [-0.25, -0.2) is 13.8 Å². The molecule has 1 aromatic heterocycles. The van der Waals surface area contributed by atoms with Crippen molar-refractivity contribution in [1.29, 1.82) is 0 Å². The lowest BCUT2D eigenvalue weighted by molar-refractivity contribution is -0.144. The number of anilines is 1. The fraction of sp³-hybridized carbons (Fsp3) is 0.583. The van der Waals surface area contributed by atoms with E-state index in [1.54, 1.807) is 18.9 Å². The van der Waals surface area contributed by atoms with Crippen LogP contribution in [0.25, 0.3) is 10.4 Å². The Kier molecular flexibility index (Phi) is 7.10. The first-order chi connectivity index (χ1) is 15.4. The number of esters is 1. The molecule has 1 unspecified atom stereocenters. The van der Waals surface area contributed by atoms with Crippen LogP contribution in [0.1, 0.15) is 55.8 Å². The Balaban J connectivity index is 1.52. The average molecular weight is 465 g/mol. The standard InChI is InChI=1S/C24H30F2N2O3S/c1-4-31-20(29)11-15-7-9-28(10-8-15)22-18(25)12-17(13-19(22)26)24-21(27-14(2)32-24)23(30-3)16-5-6-16/h12-13,15-16,23H,4-11H2,1-3H3. The highest BCUT2D eigenvalue weighted by molar-refractivity contribution is 7.15. The van der Waals surface area contributed by atoms with Crippen LogP contribution in [0.3, 0.4) is 0 Å². The molecule has 1 saturated carbocycles. The molecule has 174 valence electrons. The largest absolute Gasteiger partial charge is 0.466 e. The molecule has 2 heterocycles. The van der Waals surface area contributed by atoms with Crippen LogP contribution in [0.4, 0.5) is 14.5 Å². The highest BCUT2D eigenvalue weighted by Crippen LogP contribution is 2.47. The Morgan fingerprint density at radius 2 is 1.88 bits per heavy atom. The van der Waals surface area contributed by atoms with Gasteiger partial charge >= 0.3 is 5.97 Å². The van der Waals surface area contributed by atoms with Crippen molar-refractivity contribution in [3.63, 3.8) is 0 Å². The molecular weight excluding hydrogens is 434 g/mol. The van der Waals surface area contributed by atoms with Crippen LogP contribution in [0.2, 0.25) is 0 Å². The fourth-order valence-electron chi connectivity index (χ4n) is 4.58. The number of ether oxygens (including phenoxy) is 2. The Morgan fingerprint density at radius 3 is 2.44 bits per heavy atom. The second-order valence-electron chi connectivity index (χ2n) is 8.67. The molecule has 2 aliphatic rings. The van der Waals surface area contributed by atoms with Gasteiger partial charge in [-0.05, 0) is 69.1 Å². The average Bonchev–Trinajstić information content (AvgIpc) is 3.51. The number of methoxy groups -OCH3 is 1. The summed E-state index contributed by atoms with van der Waals surface area (Å²) >= 11 is 1.44. The van der Waals surface area contributed by atoms with E-state index >= 15 is 8.78 Å². The van der Waals surface area contributed by atoms with Gasteiger partial charge in [0.05, 0.1) is 22.2 Å².